The fourth-order valence-electron chi connectivity index (χ4n) is 4.33. The molecule has 0 saturated carbocycles. The minimum absolute atomic E-state index is 0.0373. The molecule has 1 aromatic heterocycles. The SMILES string of the molecule is Cc1cc(-c2ccc(NC(=O)C(CC(C)C)c3cccc(N4CCOCC4)c3)cc2)ccn1. The highest BCUT2D eigenvalue weighted by Crippen LogP contribution is 2.29. The standard InChI is InChI=1S/C28H33N3O2/c1-20(2)17-27(24-5-4-6-26(19-24)31-13-15-33-16-14-31)28(32)30-25-9-7-22(8-10-25)23-11-12-29-21(3)18-23/h4-12,18-20,27H,13-17H2,1-3H3,(H,30,32). The number of benzene rings is 2. The van der Waals surface area contributed by atoms with Gasteiger partial charge in [-0.15, -0.1) is 0 Å². The maximum atomic E-state index is 13.4. The van der Waals surface area contributed by atoms with Gasteiger partial charge in [-0.3, -0.25) is 9.78 Å². The summed E-state index contributed by atoms with van der Waals surface area (Å²) in [7, 11) is 0. The van der Waals surface area contributed by atoms with Gasteiger partial charge in [0.1, 0.15) is 0 Å². The van der Waals surface area contributed by atoms with Crippen LogP contribution in [-0.4, -0.2) is 37.2 Å². The van der Waals surface area contributed by atoms with Crippen LogP contribution in [0.3, 0.4) is 0 Å². The molecule has 1 saturated heterocycles. The first-order valence-electron chi connectivity index (χ1n) is 11.8. The van der Waals surface area contributed by atoms with Crippen molar-refractivity contribution in [1.29, 1.82) is 0 Å². The van der Waals surface area contributed by atoms with Crippen LogP contribution in [0.5, 0.6) is 0 Å². The van der Waals surface area contributed by atoms with Crippen LogP contribution in [0.25, 0.3) is 11.1 Å². The number of nitrogens with zero attached hydrogens (tertiary/aromatic N) is 2. The quantitative estimate of drug-likeness (QED) is 0.512. The van der Waals surface area contributed by atoms with Crippen molar-refractivity contribution in [2.75, 3.05) is 36.5 Å². The van der Waals surface area contributed by atoms with Crippen LogP contribution in [0.15, 0.2) is 66.9 Å². The van der Waals surface area contributed by atoms with Gasteiger partial charge in [0.15, 0.2) is 0 Å². The van der Waals surface area contributed by atoms with Gasteiger partial charge in [0.25, 0.3) is 0 Å². The summed E-state index contributed by atoms with van der Waals surface area (Å²) in [5, 5.41) is 3.15. The van der Waals surface area contributed by atoms with E-state index in [9.17, 15) is 4.79 Å². The Bertz CT molecular complexity index is 1070. The van der Waals surface area contributed by atoms with Gasteiger partial charge in [-0.05, 0) is 72.4 Å². The maximum Gasteiger partial charge on any atom is 0.231 e. The number of aromatic nitrogens is 1. The number of amides is 1. The van der Waals surface area contributed by atoms with Crippen LogP contribution >= 0.6 is 0 Å². The van der Waals surface area contributed by atoms with E-state index in [0.717, 1.165) is 66.5 Å². The predicted molar refractivity (Wildman–Crippen MR) is 135 cm³/mol. The lowest BCUT2D eigenvalue weighted by molar-refractivity contribution is -0.117. The third-order valence-electron chi connectivity index (χ3n) is 6.05. The van der Waals surface area contributed by atoms with Gasteiger partial charge in [0.2, 0.25) is 5.91 Å². The number of anilines is 2. The van der Waals surface area contributed by atoms with E-state index in [1.165, 1.54) is 0 Å². The lowest BCUT2D eigenvalue weighted by atomic mass is 9.89. The molecular weight excluding hydrogens is 410 g/mol. The average molecular weight is 444 g/mol. The summed E-state index contributed by atoms with van der Waals surface area (Å²) in [6.07, 6.45) is 2.62. The Morgan fingerprint density at radius 3 is 2.48 bits per heavy atom. The molecule has 0 bridgehead atoms. The smallest absolute Gasteiger partial charge is 0.231 e. The summed E-state index contributed by atoms with van der Waals surface area (Å²) in [5.41, 5.74) is 6.25. The van der Waals surface area contributed by atoms with E-state index in [0.29, 0.717) is 5.92 Å². The molecule has 1 amide bonds. The third kappa shape index (κ3) is 5.99. The number of aryl methyl sites for hydroxylation is 1. The molecule has 4 rings (SSSR count). The molecule has 1 aliphatic rings. The van der Waals surface area contributed by atoms with E-state index in [2.05, 4.69) is 59.4 Å². The van der Waals surface area contributed by atoms with Crippen LogP contribution in [0.2, 0.25) is 0 Å². The Morgan fingerprint density at radius 1 is 1.03 bits per heavy atom. The van der Waals surface area contributed by atoms with E-state index in [1.807, 2.05) is 43.5 Å². The van der Waals surface area contributed by atoms with Crippen molar-refractivity contribution >= 4 is 17.3 Å². The normalized spacial score (nSPS) is 14.8. The number of morpholine rings is 1. The lowest BCUT2D eigenvalue weighted by Crippen LogP contribution is -2.36. The Kier molecular flexibility index (Phi) is 7.40. The van der Waals surface area contributed by atoms with Crippen molar-refractivity contribution in [3.63, 3.8) is 0 Å². The van der Waals surface area contributed by atoms with Crippen LogP contribution < -0.4 is 10.2 Å². The van der Waals surface area contributed by atoms with Crippen LogP contribution in [0, 0.1) is 12.8 Å². The number of rotatable bonds is 7. The van der Waals surface area contributed by atoms with Crippen molar-refractivity contribution in [1.82, 2.24) is 4.98 Å². The zero-order valence-corrected chi connectivity index (χ0v) is 19.8. The molecule has 1 aliphatic heterocycles. The number of pyridine rings is 1. The third-order valence-corrected chi connectivity index (χ3v) is 6.05. The minimum atomic E-state index is -0.200. The minimum Gasteiger partial charge on any atom is -0.378 e. The number of carbonyl (C=O) groups excluding carboxylic acids is 1. The van der Waals surface area contributed by atoms with Crippen molar-refractivity contribution in [2.45, 2.75) is 33.1 Å². The molecule has 33 heavy (non-hydrogen) atoms. The van der Waals surface area contributed by atoms with Crippen molar-refractivity contribution < 1.29 is 9.53 Å². The lowest BCUT2D eigenvalue weighted by Gasteiger charge is -2.30. The maximum absolute atomic E-state index is 13.4. The Hall–Kier alpha value is -3.18. The molecule has 2 aromatic carbocycles. The first kappa shape index (κ1) is 23.0. The van der Waals surface area contributed by atoms with Gasteiger partial charge in [-0.25, -0.2) is 0 Å². The molecule has 1 unspecified atom stereocenters. The number of carbonyl (C=O) groups is 1. The summed E-state index contributed by atoms with van der Waals surface area (Å²) in [5.74, 6) is 0.244. The Balaban J connectivity index is 1.51. The van der Waals surface area contributed by atoms with E-state index < -0.39 is 0 Å². The highest BCUT2D eigenvalue weighted by Gasteiger charge is 2.23. The van der Waals surface area contributed by atoms with E-state index >= 15 is 0 Å². The molecule has 1 N–H and O–H groups in total. The second-order valence-corrected chi connectivity index (χ2v) is 9.13. The highest BCUT2D eigenvalue weighted by molar-refractivity contribution is 5.96. The second-order valence-electron chi connectivity index (χ2n) is 9.13. The van der Waals surface area contributed by atoms with Gasteiger partial charge >= 0.3 is 0 Å². The molecule has 3 aromatic rings. The summed E-state index contributed by atoms with van der Waals surface area (Å²) in [6.45, 7) is 9.57. The highest BCUT2D eigenvalue weighted by atomic mass is 16.5. The fraction of sp³-hybridized carbons (Fsp3) is 0.357. The summed E-state index contributed by atoms with van der Waals surface area (Å²) in [4.78, 5) is 20.0. The second kappa shape index (κ2) is 10.6. The summed E-state index contributed by atoms with van der Waals surface area (Å²) >= 11 is 0. The van der Waals surface area contributed by atoms with Crippen molar-refractivity contribution in [2.24, 2.45) is 5.92 Å². The van der Waals surface area contributed by atoms with Gasteiger partial charge in [-0.1, -0.05) is 38.1 Å². The monoisotopic (exact) mass is 443 g/mol. The first-order chi connectivity index (χ1) is 16.0. The predicted octanol–water partition coefficient (Wildman–Crippen LogP) is 5.66. The molecule has 1 fully saturated rings. The molecule has 0 spiro atoms. The van der Waals surface area contributed by atoms with Crippen LogP contribution in [-0.2, 0) is 9.53 Å². The zero-order chi connectivity index (χ0) is 23.2. The fourth-order valence-corrected chi connectivity index (χ4v) is 4.33. The van der Waals surface area contributed by atoms with E-state index in [1.54, 1.807) is 0 Å². The number of hydrogen-bond donors (Lipinski definition) is 1. The molecular formula is C28H33N3O2. The van der Waals surface area contributed by atoms with E-state index in [-0.39, 0.29) is 11.8 Å². The molecule has 1 atom stereocenters. The molecule has 0 aliphatic carbocycles. The number of hydrogen-bond acceptors (Lipinski definition) is 4. The van der Waals surface area contributed by atoms with Gasteiger partial charge < -0.3 is 15.0 Å². The molecule has 172 valence electrons. The first-order valence-corrected chi connectivity index (χ1v) is 11.8. The largest absolute Gasteiger partial charge is 0.378 e. The topological polar surface area (TPSA) is 54.5 Å². The van der Waals surface area contributed by atoms with Crippen LogP contribution in [0.1, 0.15) is 37.4 Å². The van der Waals surface area contributed by atoms with Gasteiger partial charge in [-0.2, -0.15) is 0 Å². The summed E-state index contributed by atoms with van der Waals surface area (Å²) in [6, 6.07) is 20.5. The molecule has 2 heterocycles. The number of nitrogens with one attached hydrogen (secondary N) is 1. The Morgan fingerprint density at radius 2 is 1.79 bits per heavy atom. The zero-order valence-electron chi connectivity index (χ0n) is 19.8. The van der Waals surface area contributed by atoms with Gasteiger partial charge in [0.05, 0.1) is 19.1 Å². The summed E-state index contributed by atoms with van der Waals surface area (Å²) < 4.78 is 5.49. The van der Waals surface area contributed by atoms with Crippen LogP contribution in [0.4, 0.5) is 11.4 Å². The average Bonchev–Trinajstić information content (AvgIpc) is 2.83. The molecule has 5 heteroatoms. The van der Waals surface area contributed by atoms with Gasteiger partial charge in [0, 0.05) is 36.4 Å². The van der Waals surface area contributed by atoms with E-state index in [4.69, 9.17) is 4.74 Å². The van der Waals surface area contributed by atoms with Crippen molar-refractivity contribution in [3.8, 4) is 11.1 Å². The number of ether oxygens (including phenoxy) is 1. The Labute approximate surface area is 196 Å². The molecule has 0 radical (unpaired) electrons. The van der Waals surface area contributed by atoms with Crippen molar-refractivity contribution in [3.05, 3.63) is 78.1 Å². The molecule has 5 nitrogen and oxygen atoms in total.